The van der Waals surface area contributed by atoms with Gasteiger partial charge in [-0.1, -0.05) is 54.6 Å². The van der Waals surface area contributed by atoms with Crippen molar-refractivity contribution >= 4 is 0 Å². The first-order valence-corrected chi connectivity index (χ1v) is 8.95. The molecule has 0 N–H and O–H groups in total. The second kappa shape index (κ2) is 8.28. The van der Waals surface area contributed by atoms with Crippen LogP contribution in [0.4, 0.5) is 0 Å². The van der Waals surface area contributed by atoms with E-state index in [1.165, 1.54) is 0 Å². The van der Waals surface area contributed by atoms with Crippen molar-refractivity contribution in [2.24, 2.45) is 0 Å². The van der Waals surface area contributed by atoms with Crippen molar-refractivity contribution in [1.82, 2.24) is 0 Å². The Hall–Kier alpha value is -2.78. The fourth-order valence-electron chi connectivity index (χ4n) is 3.33. The monoisotopic (exact) mass is 361 g/mol. The van der Waals surface area contributed by atoms with E-state index in [2.05, 4.69) is 19.1 Å². The maximum Gasteiger partial charge on any atom is 0.144 e. The van der Waals surface area contributed by atoms with Gasteiger partial charge in [0.15, 0.2) is 0 Å². The number of ether oxygens (including phenoxy) is 3. The summed E-state index contributed by atoms with van der Waals surface area (Å²) < 4.78 is 17.2. The molecule has 139 valence electrons. The first-order valence-electron chi connectivity index (χ1n) is 8.95. The fraction of sp³-hybridized carbons (Fsp3) is 0.208. The van der Waals surface area contributed by atoms with Crippen molar-refractivity contribution in [3.05, 3.63) is 102 Å². The van der Waals surface area contributed by atoms with Crippen LogP contribution < -0.4 is 9.47 Å². The molecule has 1 radical (unpaired) electrons. The summed E-state index contributed by atoms with van der Waals surface area (Å²) in [5.41, 5.74) is 2.27. The fourth-order valence-corrected chi connectivity index (χ4v) is 3.33. The van der Waals surface area contributed by atoms with Crippen molar-refractivity contribution in [1.29, 1.82) is 0 Å². The molecule has 0 aliphatic rings. The van der Waals surface area contributed by atoms with Gasteiger partial charge in [0.05, 0.1) is 20.3 Å². The number of methoxy groups -OCH3 is 2. The van der Waals surface area contributed by atoms with Crippen molar-refractivity contribution in [3.63, 3.8) is 0 Å². The minimum Gasteiger partial charge on any atom is -0.497 e. The Kier molecular flexibility index (Phi) is 5.82. The van der Waals surface area contributed by atoms with Gasteiger partial charge in [-0.15, -0.1) is 0 Å². The van der Waals surface area contributed by atoms with Gasteiger partial charge in [-0.25, -0.2) is 0 Å². The maximum atomic E-state index is 6.55. The average molecular weight is 361 g/mol. The van der Waals surface area contributed by atoms with Gasteiger partial charge < -0.3 is 14.2 Å². The Bertz CT molecular complexity index is 790. The van der Waals surface area contributed by atoms with Gasteiger partial charge in [0.2, 0.25) is 0 Å². The van der Waals surface area contributed by atoms with E-state index in [1.807, 2.05) is 73.7 Å². The van der Waals surface area contributed by atoms with Gasteiger partial charge in [-0.05, 0) is 54.8 Å². The predicted octanol–water partition coefficient (Wildman–Crippen LogP) is 5.23. The summed E-state index contributed by atoms with van der Waals surface area (Å²) in [6.45, 7) is 6.04. The molecule has 3 rings (SSSR count). The summed E-state index contributed by atoms with van der Waals surface area (Å²) in [7, 11) is 3.33. The zero-order valence-corrected chi connectivity index (χ0v) is 16.0. The smallest absolute Gasteiger partial charge is 0.144 e. The van der Waals surface area contributed by atoms with Crippen LogP contribution in [0.2, 0.25) is 0 Å². The highest BCUT2D eigenvalue weighted by Crippen LogP contribution is 2.42. The Morgan fingerprint density at radius 3 is 1.44 bits per heavy atom. The minimum absolute atomic E-state index is 0.227. The summed E-state index contributed by atoms with van der Waals surface area (Å²) in [4.78, 5) is 0. The highest BCUT2D eigenvalue weighted by molar-refractivity contribution is 5.49. The average Bonchev–Trinajstić information content (AvgIpc) is 2.73. The van der Waals surface area contributed by atoms with Crippen LogP contribution in [0.3, 0.4) is 0 Å². The first kappa shape index (κ1) is 19.0. The molecule has 0 aromatic heterocycles. The zero-order valence-electron chi connectivity index (χ0n) is 16.0. The van der Waals surface area contributed by atoms with Crippen molar-refractivity contribution < 1.29 is 14.2 Å². The van der Waals surface area contributed by atoms with Crippen LogP contribution in [0.15, 0.2) is 78.9 Å². The topological polar surface area (TPSA) is 27.7 Å². The lowest BCUT2D eigenvalue weighted by molar-refractivity contribution is -0.0172. The van der Waals surface area contributed by atoms with E-state index in [-0.39, 0.29) is 6.10 Å². The molecule has 1 unspecified atom stereocenters. The number of rotatable bonds is 7. The predicted molar refractivity (Wildman–Crippen MR) is 108 cm³/mol. The van der Waals surface area contributed by atoms with Crippen LogP contribution in [-0.4, -0.2) is 20.3 Å². The molecular weight excluding hydrogens is 336 g/mol. The lowest BCUT2D eigenvalue weighted by Gasteiger charge is -2.37. The Labute approximate surface area is 161 Å². The first-order chi connectivity index (χ1) is 13.1. The molecule has 0 heterocycles. The molecule has 0 fully saturated rings. The van der Waals surface area contributed by atoms with Gasteiger partial charge in [0.25, 0.3) is 0 Å². The standard InChI is InChI=1S/C24H25O3/c1-18(2)27-24(19-8-6-5-7-9-19,20-10-14-22(25-3)15-11-20)21-12-16-23(26-4)17-13-21/h5-18H,1H2,2-4H3. The third-order valence-corrected chi connectivity index (χ3v) is 4.55. The SMILES string of the molecule is [CH2]C(C)OC(c1ccccc1)(c1ccc(OC)cc1)c1ccc(OC)cc1. The molecule has 0 spiro atoms. The Balaban J connectivity index is 2.26. The second-order valence-corrected chi connectivity index (χ2v) is 6.43. The third kappa shape index (κ3) is 3.83. The van der Waals surface area contributed by atoms with Gasteiger partial charge in [0, 0.05) is 0 Å². The summed E-state index contributed by atoms with van der Waals surface area (Å²) in [5.74, 6) is 1.61. The second-order valence-electron chi connectivity index (χ2n) is 6.43. The van der Waals surface area contributed by atoms with E-state index in [1.54, 1.807) is 14.2 Å². The van der Waals surface area contributed by atoms with Crippen molar-refractivity contribution in [2.45, 2.75) is 18.6 Å². The minimum atomic E-state index is -0.791. The molecule has 3 nitrogen and oxygen atoms in total. The number of hydrogen-bond acceptors (Lipinski definition) is 3. The molecule has 1 atom stereocenters. The van der Waals surface area contributed by atoms with Gasteiger partial charge in [-0.2, -0.15) is 0 Å². The maximum absolute atomic E-state index is 6.55. The summed E-state index contributed by atoms with van der Waals surface area (Å²) in [6, 6.07) is 26.2. The van der Waals surface area contributed by atoms with E-state index in [9.17, 15) is 0 Å². The molecule has 0 aliphatic heterocycles. The van der Waals surface area contributed by atoms with Crippen LogP contribution in [0, 0.1) is 6.92 Å². The lowest BCUT2D eigenvalue weighted by atomic mass is 9.79. The quantitative estimate of drug-likeness (QED) is 0.539. The number of hydrogen-bond donors (Lipinski definition) is 0. The normalized spacial score (nSPS) is 11.4. The molecule has 3 heteroatoms. The lowest BCUT2D eigenvalue weighted by Crippen LogP contribution is -2.35. The molecule has 3 aromatic carbocycles. The Morgan fingerprint density at radius 2 is 1.07 bits per heavy atom. The van der Waals surface area contributed by atoms with Gasteiger partial charge in [-0.3, -0.25) is 0 Å². The highest BCUT2D eigenvalue weighted by atomic mass is 16.5. The van der Waals surface area contributed by atoms with E-state index >= 15 is 0 Å². The van der Waals surface area contributed by atoms with Crippen LogP contribution in [0.1, 0.15) is 23.6 Å². The van der Waals surface area contributed by atoms with Crippen molar-refractivity contribution in [3.8, 4) is 11.5 Å². The van der Waals surface area contributed by atoms with Crippen LogP contribution in [-0.2, 0) is 10.3 Å². The van der Waals surface area contributed by atoms with E-state index in [0.717, 1.165) is 28.2 Å². The van der Waals surface area contributed by atoms with Gasteiger partial charge >= 0.3 is 0 Å². The van der Waals surface area contributed by atoms with Crippen molar-refractivity contribution in [2.75, 3.05) is 14.2 Å². The third-order valence-electron chi connectivity index (χ3n) is 4.55. The molecule has 0 saturated carbocycles. The zero-order chi connectivity index (χ0) is 19.3. The molecule has 0 amide bonds. The molecular formula is C24H25O3. The van der Waals surface area contributed by atoms with Crippen LogP contribution >= 0.6 is 0 Å². The summed E-state index contributed by atoms with van der Waals surface area (Å²) in [6.07, 6.45) is -0.227. The highest BCUT2D eigenvalue weighted by Gasteiger charge is 2.38. The Morgan fingerprint density at radius 1 is 0.667 bits per heavy atom. The molecule has 3 aromatic rings. The molecule has 0 bridgehead atoms. The molecule has 0 aliphatic carbocycles. The van der Waals surface area contributed by atoms with Gasteiger partial charge in [0.1, 0.15) is 17.1 Å². The molecule has 27 heavy (non-hydrogen) atoms. The van der Waals surface area contributed by atoms with E-state index < -0.39 is 5.60 Å². The molecule has 0 saturated heterocycles. The van der Waals surface area contributed by atoms with E-state index in [0.29, 0.717) is 0 Å². The largest absolute Gasteiger partial charge is 0.497 e. The van der Waals surface area contributed by atoms with E-state index in [4.69, 9.17) is 14.2 Å². The number of benzene rings is 3. The van der Waals surface area contributed by atoms with Crippen LogP contribution in [0.5, 0.6) is 11.5 Å². The van der Waals surface area contributed by atoms with Crippen LogP contribution in [0.25, 0.3) is 0 Å². The summed E-state index contributed by atoms with van der Waals surface area (Å²) >= 11 is 0. The summed E-state index contributed by atoms with van der Waals surface area (Å²) in [5, 5.41) is 0.